The molecule has 2 rings (SSSR count). The lowest BCUT2D eigenvalue weighted by molar-refractivity contribution is -0.146. The minimum absolute atomic E-state index is 0.256. The van der Waals surface area contributed by atoms with Gasteiger partial charge in [0, 0.05) is 0 Å². The molecule has 0 radical (unpaired) electrons. The van der Waals surface area contributed by atoms with Crippen molar-refractivity contribution in [1.29, 1.82) is 0 Å². The summed E-state index contributed by atoms with van der Waals surface area (Å²) in [6.07, 6.45) is -1.01. The molecular weight excluding hydrogens is 320 g/mol. The Balaban J connectivity index is 1.83. The molecule has 132 valence electrons. The quantitative estimate of drug-likeness (QED) is 0.515. The number of carbonyl (C=O) groups excluding carboxylic acids is 2. The summed E-state index contributed by atoms with van der Waals surface area (Å²) >= 11 is 0. The summed E-state index contributed by atoms with van der Waals surface area (Å²) < 4.78 is 16.0. The first-order valence-corrected chi connectivity index (χ1v) is 8.20. The number of carbonyl (C=O) groups is 2. The van der Waals surface area contributed by atoms with Crippen LogP contribution in [-0.2, 0) is 20.9 Å². The van der Waals surface area contributed by atoms with Crippen LogP contribution >= 0.6 is 0 Å². The Morgan fingerprint density at radius 2 is 1.60 bits per heavy atom. The Morgan fingerprint density at radius 1 is 0.960 bits per heavy atom. The van der Waals surface area contributed by atoms with Gasteiger partial charge in [-0.25, -0.2) is 0 Å². The van der Waals surface area contributed by atoms with E-state index in [2.05, 4.69) is 0 Å². The molecule has 5 heteroatoms. The van der Waals surface area contributed by atoms with E-state index in [9.17, 15) is 9.59 Å². The van der Waals surface area contributed by atoms with Crippen LogP contribution in [0, 0.1) is 0 Å². The van der Waals surface area contributed by atoms with Crippen molar-refractivity contribution in [1.82, 2.24) is 0 Å². The second-order valence-corrected chi connectivity index (χ2v) is 5.45. The fraction of sp³-hybridized carbons (Fsp3) is 0.300. The van der Waals surface area contributed by atoms with E-state index in [4.69, 9.17) is 14.2 Å². The summed E-state index contributed by atoms with van der Waals surface area (Å²) in [7, 11) is 0. The van der Waals surface area contributed by atoms with Crippen molar-refractivity contribution in [3.05, 3.63) is 60.2 Å². The number of rotatable bonds is 9. The maximum Gasteiger partial charge on any atom is 0.313 e. The Bertz CT molecular complexity index is 679. The third kappa shape index (κ3) is 6.30. The second-order valence-electron chi connectivity index (χ2n) is 5.45. The molecule has 5 nitrogen and oxygen atoms in total. The number of Topliss-reactive ketones (excluding diaryl/α,β-unsaturated/α-hetero) is 1. The molecule has 0 aliphatic rings. The lowest BCUT2D eigenvalue weighted by Gasteiger charge is -2.14. The van der Waals surface area contributed by atoms with Gasteiger partial charge in [-0.1, -0.05) is 30.3 Å². The zero-order valence-electron chi connectivity index (χ0n) is 14.4. The molecular formula is C20H22O5. The lowest BCUT2D eigenvalue weighted by atomic mass is 10.2. The Morgan fingerprint density at radius 3 is 2.24 bits per heavy atom. The van der Waals surface area contributed by atoms with E-state index in [1.165, 1.54) is 0 Å². The first-order valence-electron chi connectivity index (χ1n) is 8.20. The van der Waals surface area contributed by atoms with Crippen LogP contribution in [0.4, 0.5) is 0 Å². The number of hydrogen-bond acceptors (Lipinski definition) is 5. The van der Waals surface area contributed by atoms with Gasteiger partial charge in [-0.15, -0.1) is 0 Å². The minimum atomic E-state index is -0.722. The molecule has 0 saturated carbocycles. The molecule has 0 fully saturated rings. The van der Waals surface area contributed by atoms with E-state index >= 15 is 0 Å². The Labute approximate surface area is 147 Å². The fourth-order valence-corrected chi connectivity index (χ4v) is 2.12. The standard InChI is InChI=1S/C20H22O5/c1-3-23-20(22)13-19(21)15(2)25-18-11-9-17(10-12-18)24-14-16-7-5-4-6-8-16/h4-12,15H,3,13-14H2,1-2H3. The van der Waals surface area contributed by atoms with E-state index in [0.29, 0.717) is 18.1 Å². The Hall–Kier alpha value is -2.82. The van der Waals surface area contributed by atoms with Crippen LogP contribution in [0.2, 0.25) is 0 Å². The minimum Gasteiger partial charge on any atom is -0.489 e. The molecule has 2 aromatic rings. The van der Waals surface area contributed by atoms with Gasteiger partial charge in [-0.3, -0.25) is 9.59 Å². The molecule has 0 amide bonds. The molecule has 25 heavy (non-hydrogen) atoms. The maximum absolute atomic E-state index is 11.9. The molecule has 0 spiro atoms. The highest BCUT2D eigenvalue weighted by Gasteiger charge is 2.19. The van der Waals surface area contributed by atoms with Crippen LogP contribution in [0.3, 0.4) is 0 Å². The molecule has 0 saturated heterocycles. The van der Waals surface area contributed by atoms with Crippen molar-refractivity contribution in [3.63, 3.8) is 0 Å². The van der Waals surface area contributed by atoms with Crippen molar-refractivity contribution in [2.45, 2.75) is 33.0 Å². The summed E-state index contributed by atoms with van der Waals surface area (Å²) in [4.78, 5) is 23.2. The van der Waals surface area contributed by atoms with Gasteiger partial charge in [-0.05, 0) is 43.7 Å². The summed E-state index contributed by atoms with van der Waals surface area (Å²) in [5.41, 5.74) is 1.08. The van der Waals surface area contributed by atoms with Gasteiger partial charge in [-0.2, -0.15) is 0 Å². The van der Waals surface area contributed by atoms with Gasteiger partial charge in [0.25, 0.3) is 0 Å². The van der Waals surface area contributed by atoms with Crippen LogP contribution in [0.25, 0.3) is 0 Å². The van der Waals surface area contributed by atoms with Gasteiger partial charge in [0.05, 0.1) is 6.61 Å². The lowest BCUT2D eigenvalue weighted by Crippen LogP contribution is -2.26. The molecule has 2 aromatic carbocycles. The highest BCUT2D eigenvalue weighted by molar-refractivity contribution is 5.97. The SMILES string of the molecule is CCOC(=O)CC(=O)C(C)Oc1ccc(OCc2ccccc2)cc1. The number of ether oxygens (including phenoxy) is 3. The van der Waals surface area contributed by atoms with Crippen LogP contribution < -0.4 is 9.47 Å². The summed E-state index contributed by atoms with van der Waals surface area (Å²) in [5.74, 6) is 0.397. The normalized spacial score (nSPS) is 11.4. The Kier molecular flexibility index (Phi) is 7.01. The van der Waals surface area contributed by atoms with Crippen molar-refractivity contribution in [2.24, 2.45) is 0 Å². The van der Waals surface area contributed by atoms with E-state index in [0.717, 1.165) is 5.56 Å². The third-order valence-electron chi connectivity index (χ3n) is 3.46. The van der Waals surface area contributed by atoms with Crippen LogP contribution in [0.15, 0.2) is 54.6 Å². The van der Waals surface area contributed by atoms with Crippen molar-refractivity contribution in [2.75, 3.05) is 6.61 Å². The zero-order chi connectivity index (χ0) is 18.1. The summed E-state index contributed by atoms with van der Waals surface area (Å²) in [6.45, 7) is 4.05. The first kappa shape index (κ1) is 18.5. The number of esters is 1. The van der Waals surface area contributed by atoms with Crippen LogP contribution in [0.1, 0.15) is 25.8 Å². The zero-order valence-corrected chi connectivity index (χ0v) is 14.4. The molecule has 0 bridgehead atoms. The summed E-state index contributed by atoms with van der Waals surface area (Å²) in [5, 5.41) is 0. The smallest absolute Gasteiger partial charge is 0.313 e. The maximum atomic E-state index is 11.9. The first-order chi connectivity index (χ1) is 12.1. The van der Waals surface area contributed by atoms with Gasteiger partial charge in [0.15, 0.2) is 11.9 Å². The van der Waals surface area contributed by atoms with Gasteiger partial charge in [0.1, 0.15) is 24.5 Å². The van der Waals surface area contributed by atoms with Gasteiger partial charge in [0.2, 0.25) is 0 Å². The van der Waals surface area contributed by atoms with E-state index in [1.807, 2.05) is 30.3 Å². The average molecular weight is 342 g/mol. The van der Waals surface area contributed by atoms with Gasteiger partial charge >= 0.3 is 5.97 Å². The highest BCUT2D eigenvalue weighted by atomic mass is 16.5. The predicted molar refractivity (Wildman–Crippen MR) is 93.6 cm³/mol. The fourth-order valence-electron chi connectivity index (χ4n) is 2.12. The van der Waals surface area contributed by atoms with Crippen molar-refractivity contribution >= 4 is 11.8 Å². The van der Waals surface area contributed by atoms with Crippen molar-refractivity contribution < 1.29 is 23.8 Å². The molecule has 0 aliphatic heterocycles. The molecule has 0 aromatic heterocycles. The molecule has 1 atom stereocenters. The van der Waals surface area contributed by atoms with E-state index < -0.39 is 12.1 Å². The average Bonchev–Trinajstić information content (AvgIpc) is 2.62. The third-order valence-corrected chi connectivity index (χ3v) is 3.46. The number of benzene rings is 2. The highest BCUT2D eigenvalue weighted by Crippen LogP contribution is 2.20. The molecule has 0 aliphatic carbocycles. The van der Waals surface area contributed by atoms with Crippen LogP contribution in [-0.4, -0.2) is 24.5 Å². The molecule has 0 N–H and O–H groups in total. The largest absolute Gasteiger partial charge is 0.489 e. The molecule has 1 unspecified atom stereocenters. The predicted octanol–water partition coefficient (Wildman–Crippen LogP) is 3.56. The van der Waals surface area contributed by atoms with Crippen molar-refractivity contribution in [3.8, 4) is 11.5 Å². The van der Waals surface area contributed by atoms with E-state index in [1.54, 1.807) is 38.1 Å². The monoisotopic (exact) mass is 342 g/mol. The van der Waals surface area contributed by atoms with Gasteiger partial charge < -0.3 is 14.2 Å². The van der Waals surface area contributed by atoms with E-state index in [-0.39, 0.29) is 18.8 Å². The number of ketones is 1. The van der Waals surface area contributed by atoms with Crippen LogP contribution in [0.5, 0.6) is 11.5 Å². The second kappa shape index (κ2) is 9.47. The summed E-state index contributed by atoms with van der Waals surface area (Å²) in [6, 6.07) is 16.9. The number of hydrogen-bond donors (Lipinski definition) is 0. The molecule has 0 heterocycles. The topological polar surface area (TPSA) is 61.8 Å².